The van der Waals surface area contributed by atoms with Gasteiger partial charge in [-0.25, -0.2) is 9.78 Å². The van der Waals surface area contributed by atoms with E-state index in [1.54, 1.807) is 37.3 Å². The van der Waals surface area contributed by atoms with Crippen molar-refractivity contribution < 1.29 is 18.8 Å². The van der Waals surface area contributed by atoms with Crippen LogP contribution in [0, 0.1) is 6.92 Å². The summed E-state index contributed by atoms with van der Waals surface area (Å²) in [6, 6.07) is 8.08. The summed E-state index contributed by atoms with van der Waals surface area (Å²) < 4.78 is 9.63. The van der Waals surface area contributed by atoms with E-state index < -0.39 is 5.97 Å². The Kier molecular flexibility index (Phi) is 3.76. The Balaban J connectivity index is 1.79. The van der Waals surface area contributed by atoms with E-state index in [0.717, 1.165) is 0 Å². The van der Waals surface area contributed by atoms with Crippen LogP contribution in [0.2, 0.25) is 0 Å². The summed E-state index contributed by atoms with van der Waals surface area (Å²) in [5, 5.41) is 7.23. The van der Waals surface area contributed by atoms with Crippen LogP contribution in [0.25, 0.3) is 11.1 Å². The highest BCUT2D eigenvalue weighted by Gasteiger charge is 2.12. The zero-order chi connectivity index (χ0) is 16.4. The smallest absolute Gasteiger partial charge is 0.337 e. The third-order valence-corrected chi connectivity index (χ3v) is 3.34. The van der Waals surface area contributed by atoms with Gasteiger partial charge in [0.2, 0.25) is 0 Å². The molecule has 0 bridgehead atoms. The van der Waals surface area contributed by atoms with Crippen LogP contribution in [0.4, 0.5) is 5.69 Å². The van der Waals surface area contributed by atoms with Gasteiger partial charge in [-0.2, -0.15) is 0 Å². The number of benzene rings is 1. The first-order valence-corrected chi connectivity index (χ1v) is 6.80. The van der Waals surface area contributed by atoms with E-state index in [4.69, 9.17) is 4.52 Å². The number of carbonyl (C=O) groups is 2. The maximum Gasteiger partial charge on any atom is 0.337 e. The van der Waals surface area contributed by atoms with E-state index in [1.807, 2.05) is 0 Å². The number of hydrogen-bond acceptors (Lipinski definition) is 6. The predicted octanol–water partition coefficient (Wildman–Crippen LogP) is 2.57. The van der Waals surface area contributed by atoms with Crippen LogP contribution >= 0.6 is 0 Å². The number of hydrogen-bond donors (Lipinski definition) is 1. The fourth-order valence-electron chi connectivity index (χ4n) is 2.08. The van der Waals surface area contributed by atoms with Gasteiger partial charge in [0.25, 0.3) is 11.6 Å². The molecule has 1 N–H and O–H groups in total. The molecular weight excluding hydrogens is 298 g/mol. The first-order chi connectivity index (χ1) is 11.1. The Morgan fingerprint density at radius 1 is 1.17 bits per heavy atom. The van der Waals surface area contributed by atoms with Crippen molar-refractivity contribution >= 4 is 28.7 Å². The monoisotopic (exact) mass is 311 g/mol. The number of nitrogens with one attached hydrogen (secondary N) is 1. The molecule has 1 amide bonds. The zero-order valence-corrected chi connectivity index (χ0v) is 12.5. The Labute approximate surface area is 131 Å². The van der Waals surface area contributed by atoms with Crippen LogP contribution in [0.15, 0.2) is 41.1 Å². The Morgan fingerprint density at radius 3 is 2.61 bits per heavy atom. The minimum Gasteiger partial charge on any atom is -0.465 e. The lowest BCUT2D eigenvalue weighted by Crippen LogP contribution is -2.12. The van der Waals surface area contributed by atoms with Crippen molar-refractivity contribution in [2.45, 2.75) is 6.92 Å². The molecule has 0 aliphatic heterocycles. The van der Waals surface area contributed by atoms with Crippen molar-refractivity contribution in [1.29, 1.82) is 0 Å². The van der Waals surface area contributed by atoms with Crippen LogP contribution in [-0.2, 0) is 4.74 Å². The molecule has 3 rings (SSSR count). The van der Waals surface area contributed by atoms with Crippen LogP contribution in [0.5, 0.6) is 0 Å². The number of aromatic nitrogens is 2. The summed E-state index contributed by atoms with van der Waals surface area (Å²) in [6.07, 6.45) is 1.42. The van der Waals surface area contributed by atoms with Crippen LogP contribution in [0.3, 0.4) is 0 Å². The number of methoxy groups -OCH3 is 1. The summed E-state index contributed by atoms with van der Waals surface area (Å²) in [5.41, 5.74) is 2.42. The summed E-state index contributed by atoms with van der Waals surface area (Å²) >= 11 is 0. The van der Waals surface area contributed by atoms with Gasteiger partial charge in [-0.05, 0) is 37.3 Å². The molecule has 0 radical (unpaired) electrons. The zero-order valence-electron chi connectivity index (χ0n) is 12.5. The summed E-state index contributed by atoms with van der Waals surface area (Å²) in [5.74, 6) is -0.744. The summed E-state index contributed by atoms with van der Waals surface area (Å²) in [4.78, 5) is 27.7. The average molecular weight is 311 g/mol. The highest BCUT2D eigenvalue weighted by molar-refractivity contribution is 6.05. The molecule has 0 fully saturated rings. The molecule has 23 heavy (non-hydrogen) atoms. The number of aryl methyl sites for hydroxylation is 1. The second-order valence-electron chi connectivity index (χ2n) is 4.87. The van der Waals surface area contributed by atoms with Gasteiger partial charge in [0.05, 0.1) is 29.3 Å². The van der Waals surface area contributed by atoms with E-state index in [2.05, 4.69) is 20.2 Å². The highest BCUT2D eigenvalue weighted by atomic mass is 16.5. The fourth-order valence-corrected chi connectivity index (χ4v) is 2.08. The van der Waals surface area contributed by atoms with Gasteiger partial charge in [-0.1, -0.05) is 5.16 Å². The molecule has 0 saturated carbocycles. The van der Waals surface area contributed by atoms with E-state index in [9.17, 15) is 9.59 Å². The van der Waals surface area contributed by atoms with Crippen molar-refractivity contribution in [2.75, 3.05) is 12.4 Å². The molecule has 0 spiro atoms. The van der Waals surface area contributed by atoms with Crippen LogP contribution in [-0.4, -0.2) is 29.1 Å². The highest BCUT2D eigenvalue weighted by Crippen LogP contribution is 2.18. The molecule has 2 aromatic heterocycles. The number of nitrogens with zero attached hydrogens (tertiary/aromatic N) is 2. The molecule has 3 aromatic rings. The number of rotatable bonds is 3. The Morgan fingerprint density at radius 2 is 1.91 bits per heavy atom. The quantitative estimate of drug-likeness (QED) is 0.747. The lowest BCUT2D eigenvalue weighted by Gasteiger charge is -2.06. The number of anilines is 1. The van der Waals surface area contributed by atoms with Gasteiger partial charge in [0, 0.05) is 11.9 Å². The largest absolute Gasteiger partial charge is 0.465 e. The van der Waals surface area contributed by atoms with E-state index >= 15 is 0 Å². The maximum absolute atomic E-state index is 12.3. The normalized spacial score (nSPS) is 10.5. The van der Waals surface area contributed by atoms with E-state index in [0.29, 0.717) is 33.6 Å². The number of pyridine rings is 1. The van der Waals surface area contributed by atoms with Crippen molar-refractivity contribution in [3.8, 4) is 0 Å². The molecule has 0 unspecified atom stereocenters. The minimum absolute atomic E-state index is 0.314. The standard InChI is InChI=1S/C16H13N3O4/c1-9-13-7-11(8-17-15(13)23-19-9)14(20)18-12-5-3-10(4-6-12)16(21)22-2/h3-8H,1-2H3,(H,18,20). The average Bonchev–Trinajstić information content (AvgIpc) is 2.95. The second-order valence-corrected chi connectivity index (χ2v) is 4.87. The number of ether oxygens (including phenoxy) is 1. The Bertz CT molecular complexity index is 884. The fraction of sp³-hybridized carbons (Fsp3) is 0.125. The first-order valence-electron chi connectivity index (χ1n) is 6.80. The second kappa shape index (κ2) is 5.88. The molecule has 0 aliphatic carbocycles. The predicted molar refractivity (Wildman–Crippen MR) is 82.3 cm³/mol. The van der Waals surface area contributed by atoms with Crippen molar-refractivity contribution in [1.82, 2.24) is 10.1 Å². The molecule has 7 heteroatoms. The molecule has 0 saturated heterocycles. The van der Waals surface area contributed by atoms with Crippen molar-refractivity contribution in [2.24, 2.45) is 0 Å². The molecule has 0 atom stereocenters. The number of fused-ring (bicyclic) bond motifs is 1. The molecule has 0 aliphatic rings. The van der Waals surface area contributed by atoms with Crippen molar-refractivity contribution in [3.05, 3.63) is 53.3 Å². The van der Waals surface area contributed by atoms with Gasteiger partial charge in [0.1, 0.15) is 0 Å². The molecule has 2 heterocycles. The summed E-state index contributed by atoms with van der Waals surface area (Å²) in [7, 11) is 1.31. The maximum atomic E-state index is 12.3. The van der Waals surface area contributed by atoms with E-state index in [1.165, 1.54) is 13.3 Å². The van der Waals surface area contributed by atoms with Gasteiger partial charge in [-0.3, -0.25) is 4.79 Å². The topological polar surface area (TPSA) is 94.3 Å². The van der Waals surface area contributed by atoms with Gasteiger partial charge in [0.15, 0.2) is 0 Å². The minimum atomic E-state index is -0.430. The molecule has 1 aromatic carbocycles. The number of esters is 1. The molecular formula is C16H13N3O4. The van der Waals surface area contributed by atoms with Crippen LogP contribution < -0.4 is 5.32 Å². The lowest BCUT2D eigenvalue weighted by atomic mass is 10.2. The Hall–Kier alpha value is -3.22. The van der Waals surface area contributed by atoms with Crippen molar-refractivity contribution in [3.63, 3.8) is 0 Å². The van der Waals surface area contributed by atoms with Gasteiger partial charge >= 0.3 is 5.97 Å². The number of carbonyl (C=O) groups excluding carboxylic acids is 2. The first kappa shape index (κ1) is 14.7. The van der Waals surface area contributed by atoms with E-state index in [-0.39, 0.29) is 5.91 Å². The molecule has 7 nitrogen and oxygen atoms in total. The van der Waals surface area contributed by atoms with Crippen LogP contribution in [0.1, 0.15) is 26.4 Å². The van der Waals surface area contributed by atoms with Gasteiger partial charge < -0.3 is 14.6 Å². The van der Waals surface area contributed by atoms with Gasteiger partial charge in [-0.15, -0.1) is 0 Å². The lowest BCUT2D eigenvalue weighted by molar-refractivity contribution is 0.0600. The SMILES string of the molecule is COC(=O)c1ccc(NC(=O)c2cnc3onc(C)c3c2)cc1. The summed E-state index contributed by atoms with van der Waals surface area (Å²) in [6.45, 7) is 1.78. The molecule has 116 valence electrons. The third kappa shape index (κ3) is 2.89. The third-order valence-electron chi connectivity index (χ3n) is 3.34. The number of amides is 1.